The van der Waals surface area contributed by atoms with E-state index in [1.165, 1.54) is 19.1 Å². The summed E-state index contributed by atoms with van der Waals surface area (Å²) in [4.78, 5) is 11.2. The van der Waals surface area contributed by atoms with Gasteiger partial charge in [0.2, 0.25) is 0 Å². The Kier molecular flexibility index (Phi) is 5.53. The molecule has 0 fully saturated rings. The van der Waals surface area contributed by atoms with E-state index < -0.39 is 6.10 Å². The van der Waals surface area contributed by atoms with Crippen molar-refractivity contribution in [1.82, 2.24) is 0 Å². The van der Waals surface area contributed by atoms with Crippen molar-refractivity contribution in [2.45, 2.75) is 13.0 Å². The van der Waals surface area contributed by atoms with Crippen molar-refractivity contribution in [2.75, 3.05) is 17.7 Å². The number of Topliss-reactive ketones (excluding diaryl/α,β-unsaturated/α-hetero) is 1. The average molecular weight is 297 g/mol. The Bertz CT molecular complexity index is 400. The second-order valence-electron chi connectivity index (χ2n) is 3.56. The molecule has 17 heavy (non-hydrogen) atoms. The standard InChI is InChI=1S/C11H12Cl3NO2/c1-6(16)7-2-9(13)11(10(14)3-7)15-5-8(17)4-12/h2-3,8,15,17H,4-5H2,1H3. The summed E-state index contributed by atoms with van der Waals surface area (Å²) in [5.41, 5.74) is 0.936. The normalized spacial score (nSPS) is 12.3. The van der Waals surface area contributed by atoms with Crippen LogP contribution in [-0.2, 0) is 0 Å². The number of halogens is 3. The van der Waals surface area contributed by atoms with Gasteiger partial charge < -0.3 is 10.4 Å². The van der Waals surface area contributed by atoms with Gasteiger partial charge in [0.25, 0.3) is 0 Å². The molecule has 0 aromatic heterocycles. The number of alkyl halides is 1. The van der Waals surface area contributed by atoms with E-state index in [1.807, 2.05) is 0 Å². The van der Waals surface area contributed by atoms with Crippen molar-refractivity contribution >= 4 is 46.3 Å². The van der Waals surface area contributed by atoms with Crippen molar-refractivity contribution in [3.8, 4) is 0 Å². The Balaban J connectivity index is 2.90. The fourth-order valence-electron chi connectivity index (χ4n) is 1.22. The van der Waals surface area contributed by atoms with Crippen LogP contribution in [0.25, 0.3) is 0 Å². The van der Waals surface area contributed by atoms with Crippen LogP contribution in [0.15, 0.2) is 12.1 Å². The molecular weight excluding hydrogens is 284 g/mol. The van der Waals surface area contributed by atoms with Gasteiger partial charge in [-0.3, -0.25) is 4.79 Å². The smallest absolute Gasteiger partial charge is 0.159 e. The lowest BCUT2D eigenvalue weighted by Crippen LogP contribution is -2.21. The molecule has 0 radical (unpaired) electrons. The second-order valence-corrected chi connectivity index (χ2v) is 4.68. The Morgan fingerprint density at radius 2 is 1.94 bits per heavy atom. The summed E-state index contributed by atoms with van der Waals surface area (Å²) in [5.74, 6) is 0.00876. The minimum absolute atomic E-state index is 0.110. The zero-order chi connectivity index (χ0) is 13.0. The zero-order valence-electron chi connectivity index (χ0n) is 9.14. The van der Waals surface area contributed by atoms with Crippen LogP contribution in [0, 0.1) is 0 Å². The first-order valence-corrected chi connectivity index (χ1v) is 6.22. The molecule has 1 aromatic carbocycles. The summed E-state index contributed by atoms with van der Waals surface area (Å²) in [6.45, 7) is 1.68. The molecule has 0 saturated heterocycles. The molecule has 1 unspecified atom stereocenters. The molecule has 0 amide bonds. The van der Waals surface area contributed by atoms with Crippen molar-refractivity contribution in [3.63, 3.8) is 0 Å². The number of nitrogens with one attached hydrogen (secondary N) is 1. The number of carbonyl (C=O) groups excluding carboxylic acids is 1. The van der Waals surface area contributed by atoms with E-state index in [0.29, 0.717) is 21.3 Å². The molecule has 0 saturated carbocycles. The number of aliphatic hydroxyl groups is 1. The molecule has 0 bridgehead atoms. The highest BCUT2D eigenvalue weighted by molar-refractivity contribution is 6.39. The molecule has 6 heteroatoms. The first kappa shape index (κ1) is 14.6. The van der Waals surface area contributed by atoms with E-state index in [9.17, 15) is 9.90 Å². The number of hydrogen-bond acceptors (Lipinski definition) is 3. The zero-order valence-corrected chi connectivity index (χ0v) is 11.4. The van der Waals surface area contributed by atoms with Gasteiger partial charge in [-0.2, -0.15) is 0 Å². The molecule has 0 aliphatic heterocycles. The lowest BCUT2D eigenvalue weighted by Gasteiger charge is -2.13. The highest BCUT2D eigenvalue weighted by Gasteiger charge is 2.11. The number of aliphatic hydroxyl groups excluding tert-OH is 1. The van der Waals surface area contributed by atoms with Crippen molar-refractivity contribution < 1.29 is 9.90 Å². The number of benzene rings is 1. The van der Waals surface area contributed by atoms with Gasteiger partial charge in [0.1, 0.15) is 0 Å². The van der Waals surface area contributed by atoms with E-state index >= 15 is 0 Å². The number of rotatable bonds is 5. The summed E-state index contributed by atoms with van der Waals surface area (Å²) < 4.78 is 0. The Labute approximate surface area is 115 Å². The minimum Gasteiger partial charge on any atom is -0.390 e. The molecule has 0 spiro atoms. The highest BCUT2D eigenvalue weighted by Crippen LogP contribution is 2.32. The molecule has 1 atom stereocenters. The van der Waals surface area contributed by atoms with Gasteiger partial charge in [-0.1, -0.05) is 23.2 Å². The quantitative estimate of drug-likeness (QED) is 0.648. The van der Waals surface area contributed by atoms with E-state index in [1.54, 1.807) is 0 Å². The number of anilines is 1. The van der Waals surface area contributed by atoms with Crippen molar-refractivity contribution in [3.05, 3.63) is 27.7 Å². The van der Waals surface area contributed by atoms with Crippen LogP contribution >= 0.6 is 34.8 Å². The van der Waals surface area contributed by atoms with Crippen LogP contribution < -0.4 is 5.32 Å². The van der Waals surface area contributed by atoms with Gasteiger partial charge in [-0.15, -0.1) is 11.6 Å². The predicted molar refractivity (Wildman–Crippen MR) is 71.7 cm³/mol. The summed E-state index contributed by atoms with van der Waals surface area (Å²) in [6.07, 6.45) is -0.684. The lowest BCUT2D eigenvalue weighted by molar-refractivity contribution is 0.101. The number of carbonyl (C=O) groups is 1. The second kappa shape index (κ2) is 6.45. The fraction of sp³-hybridized carbons (Fsp3) is 0.364. The van der Waals surface area contributed by atoms with E-state index in [2.05, 4.69) is 5.32 Å². The maximum atomic E-state index is 11.2. The van der Waals surface area contributed by atoms with Crippen LogP contribution in [0.1, 0.15) is 17.3 Å². The predicted octanol–water partition coefficient (Wildman–Crippen LogP) is 3.21. The topological polar surface area (TPSA) is 49.3 Å². The average Bonchev–Trinajstić information content (AvgIpc) is 2.27. The molecule has 0 aliphatic carbocycles. The van der Waals surface area contributed by atoms with Gasteiger partial charge in [-0.25, -0.2) is 0 Å². The summed E-state index contributed by atoms with van der Waals surface area (Å²) in [6, 6.07) is 3.07. The van der Waals surface area contributed by atoms with E-state index in [4.69, 9.17) is 34.8 Å². The van der Waals surface area contributed by atoms with Gasteiger partial charge in [0, 0.05) is 12.1 Å². The van der Waals surface area contributed by atoms with Gasteiger partial charge >= 0.3 is 0 Å². The maximum absolute atomic E-state index is 11.2. The van der Waals surface area contributed by atoms with E-state index in [0.717, 1.165) is 0 Å². The van der Waals surface area contributed by atoms with Gasteiger partial charge in [0.05, 0.1) is 27.7 Å². The Hall–Kier alpha value is -0.480. The minimum atomic E-state index is -0.684. The summed E-state index contributed by atoms with van der Waals surface area (Å²) in [7, 11) is 0. The molecule has 1 rings (SSSR count). The first-order chi connectivity index (χ1) is 7.95. The molecule has 0 aliphatic rings. The molecule has 1 aromatic rings. The monoisotopic (exact) mass is 295 g/mol. The Morgan fingerprint density at radius 3 is 2.35 bits per heavy atom. The molecule has 94 valence electrons. The summed E-state index contributed by atoms with van der Waals surface area (Å²) in [5, 5.41) is 12.9. The summed E-state index contributed by atoms with van der Waals surface area (Å²) >= 11 is 17.4. The van der Waals surface area contributed by atoms with Gasteiger partial charge in [0.15, 0.2) is 5.78 Å². The van der Waals surface area contributed by atoms with E-state index in [-0.39, 0.29) is 18.2 Å². The number of hydrogen-bond donors (Lipinski definition) is 2. The molecule has 3 nitrogen and oxygen atoms in total. The third-order valence-corrected chi connectivity index (χ3v) is 3.09. The third kappa shape index (κ3) is 4.03. The molecule has 0 heterocycles. The van der Waals surface area contributed by atoms with Crippen LogP contribution in [0.3, 0.4) is 0 Å². The largest absolute Gasteiger partial charge is 0.390 e. The molecule has 2 N–H and O–H groups in total. The lowest BCUT2D eigenvalue weighted by atomic mass is 10.1. The highest BCUT2D eigenvalue weighted by atomic mass is 35.5. The maximum Gasteiger partial charge on any atom is 0.159 e. The molecular formula is C11H12Cl3NO2. The van der Waals surface area contributed by atoms with Crippen molar-refractivity contribution in [2.24, 2.45) is 0 Å². The van der Waals surface area contributed by atoms with Crippen molar-refractivity contribution in [1.29, 1.82) is 0 Å². The van der Waals surface area contributed by atoms with Crippen LogP contribution in [0.5, 0.6) is 0 Å². The van der Waals surface area contributed by atoms with Gasteiger partial charge in [-0.05, 0) is 19.1 Å². The third-order valence-electron chi connectivity index (χ3n) is 2.14. The number of ketones is 1. The fourth-order valence-corrected chi connectivity index (χ4v) is 1.95. The van der Waals surface area contributed by atoms with Crippen LogP contribution in [0.4, 0.5) is 5.69 Å². The SMILES string of the molecule is CC(=O)c1cc(Cl)c(NCC(O)CCl)c(Cl)c1. The van der Waals surface area contributed by atoms with Crippen LogP contribution in [0.2, 0.25) is 10.0 Å². The Morgan fingerprint density at radius 1 is 1.41 bits per heavy atom. The van der Waals surface area contributed by atoms with Crippen LogP contribution in [-0.4, -0.2) is 29.4 Å². The first-order valence-electron chi connectivity index (χ1n) is 4.93.